The van der Waals surface area contributed by atoms with E-state index in [4.69, 9.17) is 0 Å². The molecule has 0 aromatic carbocycles. The molecule has 0 aliphatic carbocycles. The molecule has 0 spiro atoms. The topological polar surface area (TPSA) is 0 Å². The predicted octanol–water partition coefficient (Wildman–Crippen LogP) is 2.40. The molecule has 1 aliphatic heterocycles. The molecule has 40 valence electrons. The van der Waals surface area contributed by atoms with Gasteiger partial charge >= 0.3 is 0 Å². The predicted molar refractivity (Wildman–Crippen MR) is 38.9 cm³/mol. The Morgan fingerprint density at radius 2 is 2.71 bits per heavy atom. The quantitative estimate of drug-likeness (QED) is 0.557. The average Bonchev–Trinajstić information content (AvgIpc) is 1.65. The van der Waals surface area contributed by atoms with E-state index in [0.29, 0.717) is 0 Å². The van der Waals surface area contributed by atoms with Crippen molar-refractivity contribution >= 4 is 27.7 Å². The smallest absolute Gasteiger partial charge is 0.0286 e. The van der Waals surface area contributed by atoms with Gasteiger partial charge in [-0.15, -0.1) is 11.8 Å². The van der Waals surface area contributed by atoms with Crippen LogP contribution in [0.2, 0.25) is 0 Å². The third kappa shape index (κ3) is 1.03. The lowest BCUT2D eigenvalue weighted by molar-refractivity contribution is 1.12. The van der Waals surface area contributed by atoms with Crippen molar-refractivity contribution in [1.29, 1.82) is 0 Å². The zero-order valence-electron chi connectivity index (χ0n) is 4.15. The molecule has 0 fully saturated rings. The number of hydrogen-bond acceptors (Lipinski definition) is 1. The normalized spacial score (nSPS) is 28.9. The van der Waals surface area contributed by atoms with Crippen LogP contribution in [0.25, 0.3) is 0 Å². The minimum atomic E-state index is 0.777. The molecule has 1 heterocycles. The van der Waals surface area contributed by atoms with Gasteiger partial charge in [-0.2, -0.15) is 0 Å². The monoisotopic (exact) mass is 178 g/mol. The molecule has 0 amide bonds. The first-order chi connectivity index (χ1) is 3.34. The van der Waals surface area contributed by atoms with Gasteiger partial charge in [-0.1, -0.05) is 15.9 Å². The number of hydrogen-bond donors (Lipinski definition) is 0. The van der Waals surface area contributed by atoms with Crippen LogP contribution in [0.1, 0.15) is 6.92 Å². The van der Waals surface area contributed by atoms with Crippen molar-refractivity contribution in [3.05, 3.63) is 11.0 Å². The number of alkyl halides is 1. The third-order valence-corrected chi connectivity index (χ3v) is 2.90. The molecule has 0 bridgehead atoms. The van der Waals surface area contributed by atoms with Gasteiger partial charge in [0.15, 0.2) is 0 Å². The van der Waals surface area contributed by atoms with E-state index in [-0.39, 0.29) is 0 Å². The van der Waals surface area contributed by atoms with Gasteiger partial charge in [0.2, 0.25) is 0 Å². The maximum Gasteiger partial charge on any atom is 0.0286 e. The minimum absolute atomic E-state index is 0.777. The van der Waals surface area contributed by atoms with E-state index in [1.54, 1.807) is 0 Å². The fraction of sp³-hybridized carbons (Fsp3) is 0.600. The fourth-order valence-electron chi connectivity index (χ4n) is 0.440. The highest BCUT2D eigenvalue weighted by Gasteiger charge is 2.14. The molecule has 1 rings (SSSR count). The van der Waals surface area contributed by atoms with Crippen molar-refractivity contribution < 1.29 is 0 Å². The fourth-order valence-corrected chi connectivity index (χ4v) is 2.28. The summed E-state index contributed by atoms with van der Waals surface area (Å²) < 4.78 is 0. The summed E-state index contributed by atoms with van der Waals surface area (Å²) in [6.45, 7) is 2.22. The first-order valence-electron chi connectivity index (χ1n) is 2.25. The van der Waals surface area contributed by atoms with Crippen LogP contribution in [0.5, 0.6) is 0 Å². The zero-order chi connectivity index (χ0) is 5.28. The van der Waals surface area contributed by atoms with Crippen molar-refractivity contribution in [3.63, 3.8) is 0 Å². The van der Waals surface area contributed by atoms with Gasteiger partial charge < -0.3 is 0 Å². The van der Waals surface area contributed by atoms with Crippen LogP contribution < -0.4 is 0 Å². The molecular weight excluding hydrogens is 172 g/mol. The summed E-state index contributed by atoms with van der Waals surface area (Å²) in [7, 11) is 0. The Hall–Kier alpha value is 0.570. The Morgan fingerprint density at radius 1 is 2.00 bits per heavy atom. The van der Waals surface area contributed by atoms with Crippen molar-refractivity contribution in [2.75, 3.05) is 5.33 Å². The van der Waals surface area contributed by atoms with Crippen molar-refractivity contribution in [2.24, 2.45) is 0 Å². The largest absolute Gasteiger partial charge is 0.126 e. The standard InChI is InChI=1S/C5H7BrS/c1-4-5(2-6)3-7-4/h3-4H,2H2,1H3. The number of halogens is 1. The van der Waals surface area contributed by atoms with Gasteiger partial charge in [0.05, 0.1) is 0 Å². The Labute approximate surface area is 56.5 Å². The second kappa shape index (κ2) is 2.23. The molecule has 0 aromatic heterocycles. The van der Waals surface area contributed by atoms with Crippen molar-refractivity contribution in [2.45, 2.75) is 12.2 Å². The molecule has 0 radical (unpaired) electrons. The van der Waals surface area contributed by atoms with Gasteiger partial charge in [0.25, 0.3) is 0 Å². The van der Waals surface area contributed by atoms with E-state index < -0.39 is 0 Å². The molecule has 1 unspecified atom stereocenters. The molecule has 1 aliphatic rings. The van der Waals surface area contributed by atoms with Gasteiger partial charge in [-0.05, 0) is 17.9 Å². The maximum absolute atomic E-state index is 3.38. The summed E-state index contributed by atoms with van der Waals surface area (Å²) in [6, 6.07) is 0. The van der Waals surface area contributed by atoms with Crippen LogP contribution in [-0.2, 0) is 0 Å². The molecule has 0 saturated heterocycles. The summed E-state index contributed by atoms with van der Waals surface area (Å²) in [4.78, 5) is 0. The van der Waals surface area contributed by atoms with E-state index in [2.05, 4.69) is 28.3 Å². The van der Waals surface area contributed by atoms with Crippen molar-refractivity contribution in [3.8, 4) is 0 Å². The lowest BCUT2D eigenvalue weighted by atomic mass is 10.2. The Kier molecular flexibility index (Phi) is 1.81. The molecule has 7 heavy (non-hydrogen) atoms. The molecule has 2 heteroatoms. The van der Waals surface area contributed by atoms with E-state index in [1.807, 2.05) is 11.8 Å². The molecule has 0 aromatic rings. The van der Waals surface area contributed by atoms with Crippen molar-refractivity contribution in [1.82, 2.24) is 0 Å². The third-order valence-electron chi connectivity index (χ3n) is 1.10. The molecule has 0 N–H and O–H groups in total. The highest BCUT2D eigenvalue weighted by atomic mass is 79.9. The molecule has 0 saturated carbocycles. The summed E-state index contributed by atoms with van der Waals surface area (Å²) in [6.07, 6.45) is 0. The van der Waals surface area contributed by atoms with Gasteiger partial charge in [-0.25, -0.2) is 0 Å². The maximum atomic E-state index is 3.38. The van der Waals surface area contributed by atoms with Crippen LogP contribution in [0.4, 0.5) is 0 Å². The number of rotatable bonds is 1. The zero-order valence-corrected chi connectivity index (χ0v) is 6.55. The Balaban J connectivity index is 2.41. The van der Waals surface area contributed by atoms with Crippen LogP contribution in [-0.4, -0.2) is 10.6 Å². The van der Waals surface area contributed by atoms with E-state index in [9.17, 15) is 0 Å². The molecule has 1 atom stereocenters. The second-order valence-corrected chi connectivity index (χ2v) is 3.38. The van der Waals surface area contributed by atoms with Gasteiger partial charge in [0, 0.05) is 10.6 Å². The highest BCUT2D eigenvalue weighted by Crippen LogP contribution is 2.32. The minimum Gasteiger partial charge on any atom is -0.126 e. The first-order valence-corrected chi connectivity index (χ1v) is 4.31. The van der Waals surface area contributed by atoms with Gasteiger partial charge in [0.1, 0.15) is 0 Å². The van der Waals surface area contributed by atoms with E-state index in [1.165, 1.54) is 5.57 Å². The average molecular weight is 179 g/mol. The van der Waals surface area contributed by atoms with Crippen LogP contribution in [0.15, 0.2) is 11.0 Å². The lowest BCUT2D eigenvalue weighted by Crippen LogP contribution is -2.08. The first kappa shape index (κ1) is 5.70. The second-order valence-electron chi connectivity index (χ2n) is 1.60. The van der Waals surface area contributed by atoms with Crippen LogP contribution in [0, 0.1) is 0 Å². The highest BCUT2D eigenvalue weighted by molar-refractivity contribution is 9.09. The summed E-state index contributed by atoms with van der Waals surface area (Å²) >= 11 is 5.29. The lowest BCUT2D eigenvalue weighted by Gasteiger charge is -2.19. The van der Waals surface area contributed by atoms with E-state index >= 15 is 0 Å². The molecule has 0 nitrogen and oxygen atoms in total. The summed E-state index contributed by atoms with van der Waals surface area (Å²) in [5.74, 6) is 0. The van der Waals surface area contributed by atoms with E-state index in [0.717, 1.165) is 10.6 Å². The van der Waals surface area contributed by atoms with Gasteiger partial charge in [-0.3, -0.25) is 0 Å². The molecular formula is C5H7BrS. The SMILES string of the molecule is CC1SC=C1CBr. The Bertz CT molecular complexity index is 98.3. The summed E-state index contributed by atoms with van der Waals surface area (Å²) in [5, 5.41) is 4.04. The van der Waals surface area contributed by atoms with Crippen LogP contribution >= 0.6 is 27.7 Å². The Morgan fingerprint density at radius 3 is 2.71 bits per heavy atom. The summed E-state index contributed by atoms with van der Waals surface area (Å²) in [5.41, 5.74) is 1.53. The number of thioether (sulfide) groups is 1. The van der Waals surface area contributed by atoms with Crippen LogP contribution in [0.3, 0.4) is 0 Å².